The Morgan fingerprint density at radius 1 is 1.64 bits per heavy atom. The van der Waals surface area contributed by atoms with Crippen molar-refractivity contribution < 1.29 is 4.79 Å². The fourth-order valence-electron chi connectivity index (χ4n) is 1.51. The maximum Gasteiger partial charge on any atom is 0.323 e. The van der Waals surface area contributed by atoms with Crippen LogP contribution in [0.2, 0.25) is 0 Å². The number of hydrogen-bond acceptors (Lipinski definition) is 3. The van der Waals surface area contributed by atoms with Crippen LogP contribution in [-0.2, 0) is 6.42 Å². The molecule has 1 saturated heterocycles. The van der Waals surface area contributed by atoms with Gasteiger partial charge in [0.25, 0.3) is 0 Å². The quantitative estimate of drug-likeness (QED) is 0.806. The number of hydrogen-bond donors (Lipinski definition) is 1. The zero-order valence-corrected chi connectivity index (χ0v) is 9.15. The molecule has 4 nitrogen and oxygen atoms in total. The maximum absolute atomic E-state index is 11.4. The van der Waals surface area contributed by atoms with Crippen LogP contribution in [0.25, 0.3) is 0 Å². The molecule has 5 heteroatoms. The Bertz CT molecular complexity index is 361. The van der Waals surface area contributed by atoms with Gasteiger partial charge >= 0.3 is 6.03 Å². The van der Waals surface area contributed by atoms with Crippen LogP contribution >= 0.6 is 11.3 Å². The van der Waals surface area contributed by atoms with Crippen LogP contribution < -0.4 is 10.2 Å². The van der Waals surface area contributed by atoms with Crippen LogP contribution in [0.4, 0.5) is 9.93 Å². The Morgan fingerprint density at radius 2 is 2.43 bits per heavy atom. The van der Waals surface area contributed by atoms with Crippen molar-refractivity contribution in [2.45, 2.75) is 20.3 Å². The summed E-state index contributed by atoms with van der Waals surface area (Å²) in [6, 6.07) is -0.0265. The number of anilines is 1. The second kappa shape index (κ2) is 3.57. The summed E-state index contributed by atoms with van der Waals surface area (Å²) < 4.78 is 0. The number of carbonyl (C=O) groups is 1. The smallest absolute Gasteiger partial charge is 0.323 e. The van der Waals surface area contributed by atoms with Crippen LogP contribution in [0.3, 0.4) is 0 Å². The highest BCUT2D eigenvalue weighted by Gasteiger charge is 2.24. The molecule has 0 aromatic carbocycles. The molecule has 0 radical (unpaired) electrons. The number of nitrogens with one attached hydrogen (secondary N) is 1. The second-order valence-corrected chi connectivity index (χ2v) is 4.30. The van der Waals surface area contributed by atoms with Crippen LogP contribution in [0.5, 0.6) is 0 Å². The summed E-state index contributed by atoms with van der Waals surface area (Å²) in [5.74, 6) is 0. The van der Waals surface area contributed by atoms with Crippen LogP contribution in [0.1, 0.15) is 17.5 Å². The molecule has 0 saturated carbocycles. The fraction of sp³-hybridized carbons (Fsp3) is 0.556. The van der Waals surface area contributed by atoms with E-state index >= 15 is 0 Å². The lowest BCUT2D eigenvalue weighted by atomic mass is 10.3. The van der Waals surface area contributed by atoms with Gasteiger partial charge in [0.2, 0.25) is 0 Å². The largest absolute Gasteiger partial charge is 0.336 e. The van der Waals surface area contributed by atoms with Crippen molar-refractivity contribution in [1.29, 1.82) is 0 Å². The van der Waals surface area contributed by atoms with Gasteiger partial charge in [0.05, 0.1) is 5.69 Å². The molecule has 0 spiro atoms. The zero-order chi connectivity index (χ0) is 10.1. The Morgan fingerprint density at radius 3 is 2.93 bits per heavy atom. The minimum atomic E-state index is -0.0265. The summed E-state index contributed by atoms with van der Waals surface area (Å²) in [6.07, 6.45) is 0.985. The molecule has 1 aromatic rings. The molecule has 14 heavy (non-hydrogen) atoms. The van der Waals surface area contributed by atoms with Gasteiger partial charge in [-0.05, 0) is 13.3 Å². The van der Waals surface area contributed by atoms with Crippen molar-refractivity contribution in [1.82, 2.24) is 10.3 Å². The standard InChI is InChI=1S/C9H13N3OS/c1-3-7-6(2)11-9(14-7)12-5-4-10-8(12)13/h3-5H2,1-2H3,(H,10,13). The monoisotopic (exact) mass is 211 g/mol. The highest BCUT2D eigenvalue weighted by atomic mass is 32.1. The lowest BCUT2D eigenvalue weighted by Gasteiger charge is -2.08. The van der Waals surface area contributed by atoms with E-state index in [1.54, 1.807) is 16.2 Å². The molecular formula is C9H13N3OS. The van der Waals surface area contributed by atoms with Crippen molar-refractivity contribution in [3.8, 4) is 0 Å². The number of aryl methyl sites for hydroxylation is 2. The maximum atomic E-state index is 11.4. The fourth-order valence-corrected chi connectivity index (χ4v) is 2.54. The Hall–Kier alpha value is -1.10. The molecule has 0 bridgehead atoms. The number of nitrogens with zero attached hydrogens (tertiary/aromatic N) is 2. The van der Waals surface area contributed by atoms with Gasteiger partial charge < -0.3 is 5.32 Å². The van der Waals surface area contributed by atoms with Crippen molar-refractivity contribution in [2.75, 3.05) is 18.0 Å². The molecule has 0 unspecified atom stereocenters. The van der Waals surface area contributed by atoms with E-state index in [-0.39, 0.29) is 6.03 Å². The Balaban J connectivity index is 2.27. The van der Waals surface area contributed by atoms with Gasteiger partial charge in [-0.25, -0.2) is 9.78 Å². The van der Waals surface area contributed by atoms with Gasteiger partial charge in [0.15, 0.2) is 5.13 Å². The molecule has 1 fully saturated rings. The van der Waals surface area contributed by atoms with Crippen molar-refractivity contribution in [2.24, 2.45) is 0 Å². The summed E-state index contributed by atoms with van der Waals surface area (Å²) in [5, 5.41) is 3.60. The van der Waals surface area contributed by atoms with E-state index in [1.165, 1.54) is 4.88 Å². The molecule has 76 valence electrons. The van der Waals surface area contributed by atoms with Crippen LogP contribution in [-0.4, -0.2) is 24.1 Å². The molecule has 1 N–H and O–H groups in total. The van der Waals surface area contributed by atoms with Gasteiger partial charge in [0.1, 0.15) is 0 Å². The Labute approximate surface area is 86.9 Å². The third-order valence-electron chi connectivity index (χ3n) is 2.29. The summed E-state index contributed by atoms with van der Waals surface area (Å²) in [6.45, 7) is 5.55. The van der Waals surface area contributed by atoms with Crippen molar-refractivity contribution >= 4 is 22.5 Å². The topological polar surface area (TPSA) is 45.2 Å². The first-order valence-corrected chi connectivity index (χ1v) is 5.55. The molecule has 1 aromatic heterocycles. The summed E-state index contributed by atoms with van der Waals surface area (Å²) in [7, 11) is 0. The van der Waals surface area contributed by atoms with E-state index in [1.807, 2.05) is 6.92 Å². The number of amides is 2. The van der Waals surface area contributed by atoms with Crippen molar-refractivity contribution in [3.63, 3.8) is 0 Å². The van der Waals surface area contributed by atoms with Gasteiger partial charge in [-0.15, -0.1) is 11.3 Å². The lowest BCUT2D eigenvalue weighted by molar-refractivity contribution is 0.252. The summed E-state index contributed by atoms with van der Waals surface area (Å²) >= 11 is 1.61. The number of rotatable bonds is 2. The molecular weight excluding hydrogens is 198 g/mol. The van der Waals surface area contributed by atoms with E-state index in [2.05, 4.69) is 17.2 Å². The minimum absolute atomic E-state index is 0.0265. The van der Waals surface area contributed by atoms with Gasteiger partial charge in [-0.3, -0.25) is 4.90 Å². The molecule has 2 rings (SSSR count). The zero-order valence-electron chi connectivity index (χ0n) is 8.33. The van der Waals surface area contributed by atoms with E-state index in [4.69, 9.17) is 0 Å². The summed E-state index contributed by atoms with van der Waals surface area (Å²) in [4.78, 5) is 18.7. The second-order valence-electron chi connectivity index (χ2n) is 3.24. The average Bonchev–Trinajstić information content (AvgIpc) is 2.71. The molecule has 1 aliphatic rings. The van der Waals surface area contributed by atoms with Gasteiger partial charge in [0, 0.05) is 18.0 Å². The predicted octanol–water partition coefficient (Wildman–Crippen LogP) is 1.54. The number of urea groups is 1. The number of aromatic nitrogens is 1. The van der Waals surface area contributed by atoms with Crippen LogP contribution in [0, 0.1) is 6.92 Å². The molecule has 0 aliphatic carbocycles. The first kappa shape index (κ1) is 9.45. The van der Waals surface area contributed by atoms with Crippen molar-refractivity contribution in [3.05, 3.63) is 10.6 Å². The molecule has 1 aliphatic heterocycles. The normalized spacial score (nSPS) is 16.1. The third kappa shape index (κ3) is 1.48. The van der Waals surface area contributed by atoms with E-state index in [0.29, 0.717) is 0 Å². The average molecular weight is 211 g/mol. The Kier molecular flexibility index (Phi) is 2.41. The van der Waals surface area contributed by atoms with E-state index in [9.17, 15) is 4.79 Å². The minimum Gasteiger partial charge on any atom is -0.336 e. The van der Waals surface area contributed by atoms with Crippen LogP contribution in [0.15, 0.2) is 0 Å². The van der Waals surface area contributed by atoms with E-state index in [0.717, 1.165) is 30.3 Å². The SMILES string of the molecule is CCc1sc(N2CCNC2=O)nc1C. The molecule has 2 heterocycles. The molecule has 2 amide bonds. The first-order valence-electron chi connectivity index (χ1n) is 4.74. The van der Waals surface area contributed by atoms with E-state index < -0.39 is 0 Å². The number of thiazole rings is 1. The lowest BCUT2D eigenvalue weighted by Crippen LogP contribution is -2.27. The number of carbonyl (C=O) groups excluding carboxylic acids is 1. The predicted molar refractivity (Wildman–Crippen MR) is 57.0 cm³/mol. The summed E-state index contributed by atoms with van der Waals surface area (Å²) in [5.41, 5.74) is 1.05. The third-order valence-corrected chi connectivity index (χ3v) is 3.61. The van der Waals surface area contributed by atoms with Gasteiger partial charge in [-0.2, -0.15) is 0 Å². The highest BCUT2D eigenvalue weighted by Crippen LogP contribution is 2.27. The first-order chi connectivity index (χ1) is 6.72. The van der Waals surface area contributed by atoms with Gasteiger partial charge in [-0.1, -0.05) is 6.92 Å². The highest BCUT2D eigenvalue weighted by molar-refractivity contribution is 7.15. The molecule has 0 atom stereocenters.